The molecule has 1 fully saturated rings. The molecule has 0 saturated heterocycles. The molecule has 2 atom stereocenters. The van der Waals surface area contributed by atoms with Crippen molar-refractivity contribution in [1.29, 1.82) is 0 Å². The molecular formula is C13H16BrNO2. The summed E-state index contributed by atoms with van der Waals surface area (Å²) in [5.74, 6) is 0.390. The van der Waals surface area contributed by atoms with Gasteiger partial charge < -0.3 is 4.84 Å². The minimum Gasteiger partial charge on any atom is -0.371 e. The normalized spacial score (nSPS) is 23.6. The average Bonchev–Trinajstić information content (AvgIpc) is 2.80. The summed E-state index contributed by atoms with van der Waals surface area (Å²) < 4.78 is 1.09. The van der Waals surface area contributed by atoms with Crippen LogP contribution in [0.1, 0.15) is 30.7 Å². The van der Waals surface area contributed by atoms with Gasteiger partial charge in [0.25, 0.3) is 0 Å². The molecule has 0 bridgehead atoms. The first-order valence-electron chi connectivity index (χ1n) is 5.83. The number of hydroxylamine groups is 1. The standard InChI is InChI=1S/C13H16BrNO2/c1-15-17-13(16)11-3-2-10(8-11)9-4-6-12(14)7-5-9/h4-7,10-11,15H,2-3,8H2,1H3/t10-,11-/m1/s1. The van der Waals surface area contributed by atoms with Crippen LogP contribution in [0.25, 0.3) is 0 Å². The maximum atomic E-state index is 11.6. The lowest BCUT2D eigenvalue weighted by Gasteiger charge is -2.11. The van der Waals surface area contributed by atoms with Crippen molar-refractivity contribution in [2.45, 2.75) is 25.2 Å². The van der Waals surface area contributed by atoms with Crippen molar-refractivity contribution in [3.05, 3.63) is 34.3 Å². The second-order valence-electron chi connectivity index (χ2n) is 4.38. The fraction of sp³-hybridized carbons (Fsp3) is 0.462. The predicted octanol–water partition coefficient (Wildman–Crippen LogP) is 3.01. The van der Waals surface area contributed by atoms with Crippen LogP contribution in [0.5, 0.6) is 0 Å². The van der Waals surface area contributed by atoms with Gasteiger partial charge in [0.15, 0.2) is 0 Å². The van der Waals surface area contributed by atoms with Gasteiger partial charge in [-0.3, -0.25) is 4.79 Å². The van der Waals surface area contributed by atoms with Crippen molar-refractivity contribution in [2.75, 3.05) is 7.05 Å². The highest BCUT2D eigenvalue weighted by atomic mass is 79.9. The first-order valence-corrected chi connectivity index (χ1v) is 6.63. The largest absolute Gasteiger partial charge is 0.371 e. The van der Waals surface area contributed by atoms with Gasteiger partial charge in [0.2, 0.25) is 0 Å². The van der Waals surface area contributed by atoms with E-state index in [9.17, 15) is 4.79 Å². The average molecular weight is 298 g/mol. The molecule has 1 aromatic carbocycles. The first-order chi connectivity index (χ1) is 8.20. The van der Waals surface area contributed by atoms with Crippen LogP contribution in [-0.2, 0) is 9.63 Å². The van der Waals surface area contributed by atoms with Gasteiger partial charge in [0, 0.05) is 11.5 Å². The number of carbonyl (C=O) groups is 1. The molecule has 0 spiro atoms. The number of rotatable bonds is 3. The molecular weight excluding hydrogens is 282 g/mol. The Morgan fingerprint density at radius 2 is 2.06 bits per heavy atom. The molecule has 1 aliphatic rings. The third-order valence-corrected chi connectivity index (χ3v) is 3.84. The Hall–Kier alpha value is -0.870. The molecule has 0 aliphatic heterocycles. The molecule has 3 nitrogen and oxygen atoms in total. The molecule has 17 heavy (non-hydrogen) atoms. The van der Waals surface area contributed by atoms with Crippen LogP contribution in [0, 0.1) is 5.92 Å². The van der Waals surface area contributed by atoms with Crippen molar-refractivity contribution < 1.29 is 9.63 Å². The zero-order chi connectivity index (χ0) is 12.3. The quantitative estimate of drug-likeness (QED) is 0.872. The second-order valence-corrected chi connectivity index (χ2v) is 5.30. The number of carbonyl (C=O) groups excluding carboxylic acids is 1. The zero-order valence-electron chi connectivity index (χ0n) is 9.78. The van der Waals surface area contributed by atoms with Crippen molar-refractivity contribution >= 4 is 21.9 Å². The summed E-state index contributed by atoms with van der Waals surface area (Å²) in [5.41, 5.74) is 3.76. The summed E-state index contributed by atoms with van der Waals surface area (Å²) in [7, 11) is 1.61. The van der Waals surface area contributed by atoms with E-state index in [-0.39, 0.29) is 11.9 Å². The summed E-state index contributed by atoms with van der Waals surface area (Å²) in [6, 6.07) is 8.35. The first kappa shape index (κ1) is 12.6. The van der Waals surface area contributed by atoms with Gasteiger partial charge in [-0.05, 0) is 42.9 Å². The Bertz CT molecular complexity index is 391. The smallest absolute Gasteiger partial charge is 0.327 e. The summed E-state index contributed by atoms with van der Waals surface area (Å²) in [5, 5.41) is 0. The minimum absolute atomic E-state index is 0.0381. The van der Waals surface area contributed by atoms with Gasteiger partial charge in [-0.25, -0.2) is 0 Å². The van der Waals surface area contributed by atoms with E-state index >= 15 is 0 Å². The number of hydrogen-bond acceptors (Lipinski definition) is 3. The zero-order valence-corrected chi connectivity index (χ0v) is 11.4. The van der Waals surface area contributed by atoms with Gasteiger partial charge in [0.05, 0.1) is 5.92 Å². The van der Waals surface area contributed by atoms with E-state index in [4.69, 9.17) is 4.84 Å². The summed E-state index contributed by atoms with van der Waals surface area (Å²) >= 11 is 3.43. The fourth-order valence-corrected chi connectivity index (χ4v) is 2.68. The van der Waals surface area contributed by atoms with Crippen LogP contribution in [0.2, 0.25) is 0 Å². The van der Waals surface area contributed by atoms with Crippen LogP contribution >= 0.6 is 15.9 Å². The molecule has 1 saturated carbocycles. The second kappa shape index (κ2) is 5.65. The van der Waals surface area contributed by atoms with Gasteiger partial charge >= 0.3 is 5.97 Å². The van der Waals surface area contributed by atoms with E-state index in [1.165, 1.54) is 5.56 Å². The number of nitrogens with one attached hydrogen (secondary N) is 1. The van der Waals surface area contributed by atoms with Gasteiger partial charge in [-0.15, -0.1) is 0 Å². The highest BCUT2D eigenvalue weighted by molar-refractivity contribution is 9.10. The van der Waals surface area contributed by atoms with Gasteiger partial charge in [0.1, 0.15) is 0 Å². The molecule has 4 heteroatoms. The molecule has 0 radical (unpaired) electrons. The van der Waals surface area contributed by atoms with Gasteiger partial charge in [-0.1, -0.05) is 28.1 Å². The van der Waals surface area contributed by atoms with Crippen LogP contribution in [0.4, 0.5) is 0 Å². The third-order valence-electron chi connectivity index (χ3n) is 3.31. The van der Waals surface area contributed by atoms with E-state index < -0.39 is 0 Å². The predicted molar refractivity (Wildman–Crippen MR) is 69.4 cm³/mol. The van der Waals surface area contributed by atoms with Crippen LogP contribution < -0.4 is 5.48 Å². The molecule has 0 unspecified atom stereocenters. The lowest BCUT2D eigenvalue weighted by atomic mass is 9.96. The molecule has 92 valence electrons. The van der Waals surface area contributed by atoms with Crippen molar-refractivity contribution in [3.63, 3.8) is 0 Å². The maximum absolute atomic E-state index is 11.6. The Kier molecular flexibility index (Phi) is 4.18. The minimum atomic E-state index is -0.132. The summed E-state index contributed by atoms with van der Waals surface area (Å²) in [4.78, 5) is 16.4. The van der Waals surface area contributed by atoms with E-state index in [2.05, 4.69) is 45.7 Å². The lowest BCUT2D eigenvalue weighted by molar-refractivity contribution is -0.154. The van der Waals surface area contributed by atoms with Crippen molar-refractivity contribution in [1.82, 2.24) is 5.48 Å². The Labute approximate surface area is 110 Å². The highest BCUT2D eigenvalue weighted by Crippen LogP contribution is 2.38. The summed E-state index contributed by atoms with van der Waals surface area (Å²) in [6.07, 6.45) is 2.87. The topological polar surface area (TPSA) is 38.3 Å². The van der Waals surface area contributed by atoms with E-state index in [1.807, 2.05) is 0 Å². The van der Waals surface area contributed by atoms with Gasteiger partial charge in [-0.2, -0.15) is 5.48 Å². The number of benzene rings is 1. The molecule has 1 aliphatic carbocycles. The van der Waals surface area contributed by atoms with Crippen molar-refractivity contribution in [2.24, 2.45) is 5.92 Å². The maximum Gasteiger partial charge on any atom is 0.327 e. The van der Waals surface area contributed by atoms with Crippen LogP contribution in [0.3, 0.4) is 0 Å². The van der Waals surface area contributed by atoms with E-state index in [0.29, 0.717) is 5.92 Å². The molecule has 0 aromatic heterocycles. The Morgan fingerprint density at radius 3 is 2.71 bits per heavy atom. The fourth-order valence-electron chi connectivity index (χ4n) is 2.42. The van der Waals surface area contributed by atoms with Crippen LogP contribution in [-0.4, -0.2) is 13.0 Å². The number of hydrogen-bond donors (Lipinski definition) is 1. The molecule has 0 amide bonds. The SMILES string of the molecule is CNOC(=O)[C@@H]1CC[C@@H](c2ccc(Br)cc2)C1. The molecule has 2 rings (SSSR count). The van der Waals surface area contributed by atoms with E-state index in [1.54, 1.807) is 7.05 Å². The molecule has 0 heterocycles. The Balaban J connectivity index is 1.98. The molecule has 1 aromatic rings. The van der Waals surface area contributed by atoms with E-state index in [0.717, 1.165) is 23.7 Å². The highest BCUT2D eigenvalue weighted by Gasteiger charge is 2.31. The monoisotopic (exact) mass is 297 g/mol. The summed E-state index contributed by atoms with van der Waals surface area (Å²) in [6.45, 7) is 0. The van der Waals surface area contributed by atoms with Crippen molar-refractivity contribution in [3.8, 4) is 0 Å². The molecule has 1 N–H and O–H groups in total. The third kappa shape index (κ3) is 3.07. The lowest BCUT2D eigenvalue weighted by Crippen LogP contribution is -2.21. The number of halogens is 1. The van der Waals surface area contributed by atoms with Crippen LogP contribution in [0.15, 0.2) is 28.7 Å². The Morgan fingerprint density at radius 1 is 1.35 bits per heavy atom.